The van der Waals surface area contributed by atoms with Gasteiger partial charge < -0.3 is 4.90 Å². The van der Waals surface area contributed by atoms with Crippen LogP contribution in [-0.2, 0) is 4.79 Å². The maximum absolute atomic E-state index is 11.2. The first-order chi connectivity index (χ1) is 7.59. The van der Waals surface area contributed by atoms with E-state index in [-0.39, 0.29) is 11.8 Å². The highest BCUT2D eigenvalue weighted by molar-refractivity contribution is 9.11. The lowest BCUT2D eigenvalue weighted by Crippen LogP contribution is -2.35. The molecule has 1 aromatic carbocycles. The second-order valence-electron chi connectivity index (χ2n) is 4.12. The number of rotatable bonds is 2. The van der Waals surface area contributed by atoms with Crippen molar-refractivity contribution in [1.82, 2.24) is 0 Å². The average molecular weight is 280 g/mol. The van der Waals surface area contributed by atoms with Crippen LogP contribution in [0.3, 0.4) is 0 Å². The molecule has 3 heteroatoms. The van der Waals surface area contributed by atoms with Gasteiger partial charge in [0.2, 0.25) is 0 Å². The first kappa shape index (κ1) is 11.4. The van der Waals surface area contributed by atoms with Gasteiger partial charge in [-0.3, -0.25) is 4.79 Å². The van der Waals surface area contributed by atoms with Crippen LogP contribution in [0.25, 0.3) is 6.08 Å². The van der Waals surface area contributed by atoms with E-state index in [0.29, 0.717) is 6.42 Å². The highest BCUT2D eigenvalue weighted by Crippen LogP contribution is 2.35. The molecule has 0 saturated carbocycles. The zero-order chi connectivity index (χ0) is 11.7. The van der Waals surface area contributed by atoms with Crippen LogP contribution >= 0.6 is 15.9 Å². The minimum Gasteiger partial charge on any atom is -0.366 e. The summed E-state index contributed by atoms with van der Waals surface area (Å²) in [5, 5.41) is 0. The lowest BCUT2D eigenvalue weighted by Gasteiger charge is -2.34. The molecule has 0 N–H and O–H groups in total. The summed E-state index contributed by atoms with van der Waals surface area (Å²) in [4.78, 5) is 13.4. The smallest absolute Gasteiger partial charge is 0.132 e. The predicted molar refractivity (Wildman–Crippen MR) is 70.8 cm³/mol. The molecule has 2 rings (SSSR count). The quantitative estimate of drug-likeness (QED) is 0.829. The van der Waals surface area contributed by atoms with Gasteiger partial charge in [0.05, 0.1) is 6.04 Å². The highest BCUT2D eigenvalue weighted by atomic mass is 79.9. The number of carbonyl (C=O) groups is 1. The lowest BCUT2D eigenvalue weighted by molar-refractivity contribution is -0.117. The lowest BCUT2D eigenvalue weighted by atomic mass is 10.0. The topological polar surface area (TPSA) is 20.3 Å². The third kappa shape index (κ3) is 2.05. The Labute approximate surface area is 104 Å². The van der Waals surface area contributed by atoms with Crippen LogP contribution in [0.5, 0.6) is 0 Å². The number of para-hydroxylation sites is 1. The summed E-state index contributed by atoms with van der Waals surface area (Å²) in [6.45, 7) is 1.63. The molecule has 0 aliphatic carbocycles. The summed E-state index contributed by atoms with van der Waals surface area (Å²) in [7, 11) is 2.03. The van der Waals surface area contributed by atoms with Crippen molar-refractivity contribution in [3.05, 3.63) is 34.3 Å². The van der Waals surface area contributed by atoms with Crippen LogP contribution in [0.1, 0.15) is 18.9 Å². The molecule has 2 nitrogen and oxygen atoms in total. The van der Waals surface area contributed by atoms with Gasteiger partial charge in [0, 0.05) is 23.6 Å². The van der Waals surface area contributed by atoms with Gasteiger partial charge in [0.25, 0.3) is 0 Å². The third-order valence-corrected chi connectivity index (χ3v) is 3.63. The number of fused-ring (bicyclic) bond motifs is 1. The third-order valence-electron chi connectivity index (χ3n) is 2.88. The van der Waals surface area contributed by atoms with Crippen LogP contribution in [0.4, 0.5) is 5.69 Å². The Bertz CT molecular complexity index is 453. The van der Waals surface area contributed by atoms with Crippen LogP contribution < -0.4 is 4.90 Å². The van der Waals surface area contributed by atoms with Crippen LogP contribution in [0.15, 0.2) is 28.7 Å². The molecule has 0 aromatic heterocycles. The molecule has 1 aliphatic heterocycles. The standard InChI is InChI=1S/C13H14BrNO/c1-9(16)7-13-11(14)8-10-5-3-4-6-12(10)15(13)2/h3-6,8,13H,7H2,1-2H3. The second kappa shape index (κ2) is 4.42. The molecule has 1 atom stereocenters. The average Bonchev–Trinajstić information content (AvgIpc) is 2.24. The van der Waals surface area contributed by atoms with Gasteiger partial charge in [-0.1, -0.05) is 34.1 Å². The van der Waals surface area contributed by atoms with Crippen molar-refractivity contribution in [2.45, 2.75) is 19.4 Å². The molecule has 0 saturated heterocycles. The fourth-order valence-electron chi connectivity index (χ4n) is 2.04. The largest absolute Gasteiger partial charge is 0.366 e. The Morgan fingerprint density at radius 3 is 2.81 bits per heavy atom. The minimum absolute atomic E-state index is 0.132. The number of halogens is 1. The molecular weight excluding hydrogens is 266 g/mol. The maximum atomic E-state index is 11.2. The van der Waals surface area contributed by atoms with Gasteiger partial charge in [-0.05, 0) is 24.6 Å². The molecule has 1 aromatic rings. The molecule has 0 bridgehead atoms. The van der Waals surface area contributed by atoms with Crippen LogP contribution in [0.2, 0.25) is 0 Å². The number of nitrogens with zero attached hydrogens (tertiary/aromatic N) is 1. The molecule has 0 spiro atoms. The number of hydrogen-bond donors (Lipinski definition) is 0. The summed E-state index contributed by atoms with van der Waals surface area (Å²) >= 11 is 3.56. The fraction of sp³-hybridized carbons (Fsp3) is 0.308. The summed E-state index contributed by atoms with van der Waals surface area (Å²) < 4.78 is 1.07. The van der Waals surface area contributed by atoms with Crippen molar-refractivity contribution in [2.24, 2.45) is 0 Å². The van der Waals surface area contributed by atoms with E-state index >= 15 is 0 Å². The summed E-state index contributed by atoms with van der Waals surface area (Å²) in [6, 6.07) is 8.34. The van der Waals surface area contributed by atoms with Gasteiger partial charge in [0.15, 0.2) is 0 Å². The molecule has 1 aliphatic rings. The highest BCUT2D eigenvalue weighted by Gasteiger charge is 2.25. The van der Waals surface area contributed by atoms with E-state index in [0.717, 1.165) is 4.48 Å². The molecule has 84 valence electrons. The fourth-order valence-corrected chi connectivity index (χ4v) is 2.75. The van der Waals surface area contributed by atoms with Gasteiger partial charge in [0.1, 0.15) is 5.78 Å². The molecular formula is C13H14BrNO. The number of carbonyl (C=O) groups excluding carboxylic acids is 1. The zero-order valence-electron chi connectivity index (χ0n) is 9.40. The Morgan fingerprint density at radius 2 is 2.12 bits per heavy atom. The molecule has 1 unspecified atom stereocenters. The van der Waals surface area contributed by atoms with Crippen molar-refractivity contribution in [3.63, 3.8) is 0 Å². The Morgan fingerprint density at radius 1 is 1.44 bits per heavy atom. The van der Waals surface area contributed by atoms with Gasteiger partial charge in [-0.15, -0.1) is 0 Å². The van der Waals surface area contributed by atoms with E-state index in [9.17, 15) is 4.79 Å². The predicted octanol–water partition coefficient (Wildman–Crippen LogP) is 3.22. The summed E-state index contributed by atoms with van der Waals surface area (Å²) in [5.74, 6) is 0.210. The number of anilines is 1. The van der Waals surface area contributed by atoms with E-state index in [4.69, 9.17) is 0 Å². The van der Waals surface area contributed by atoms with Crippen molar-refractivity contribution in [3.8, 4) is 0 Å². The zero-order valence-corrected chi connectivity index (χ0v) is 11.0. The molecule has 1 heterocycles. The number of hydrogen-bond acceptors (Lipinski definition) is 2. The first-order valence-electron chi connectivity index (χ1n) is 5.28. The molecule has 16 heavy (non-hydrogen) atoms. The van der Waals surface area contributed by atoms with E-state index < -0.39 is 0 Å². The number of benzene rings is 1. The molecule has 0 amide bonds. The number of likely N-dealkylation sites (N-methyl/N-ethyl adjacent to an activating group) is 1. The van der Waals surface area contributed by atoms with Crippen molar-refractivity contribution < 1.29 is 4.79 Å². The van der Waals surface area contributed by atoms with Crippen molar-refractivity contribution in [1.29, 1.82) is 0 Å². The molecule has 0 radical (unpaired) electrons. The van der Waals surface area contributed by atoms with E-state index in [1.54, 1.807) is 6.92 Å². The Kier molecular flexibility index (Phi) is 3.15. The first-order valence-corrected chi connectivity index (χ1v) is 6.07. The van der Waals surface area contributed by atoms with E-state index in [1.807, 2.05) is 19.2 Å². The Hall–Kier alpha value is -1.09. The maximum Gasteiger partial charge on any atom is 0.132 e. The minimum atomic E-state index is 0.132. The monoisotopic (exact) mass is 279 g/mol. The van der Waals surface area contributed by atoms with Gasteiger partial charge >= 0.3 is 0 Å². The molecule has 0 fully saturated rings. The number of Topliss-reactive ketones (excluding diaryl/α,β-unsaturated/α-hetero) is 1. The van der Waals surface area contributed by atoms with Gasteiger partial charge in [-0.2, -0.15) is 0 Å². The van der Waals surface area contributed by atoms with E-state index in [2.05, 4.69) is 39.0 Å². The summed E-state index contributed by atoms with van der Waals surface area (Å²) in [5.41, 5.74) is 2.37. The number of ketones is 1. The van der Waals surface area contributed by atoms with Crippen molar-refractivity contribution in [2.75, 3.05) is 11.9 Å². The van der Waals surface area contributed by atoms with E-state index in [1.165, 1.54) is 11.3 Å². The van der Waals surface area contributed by atoms with Gasteiger partial charge in [-0.25, -0.2) is 0 Å². The van der Waals surface area contributed by atoms with Crippen LogP contribution in [-0.4, -0.2) is 18.9 Å². The Balaban J connectivity index is 2.39. The summed E-state index contributed by atoms with van der Waals surface area (Å²) in [6.07, 6.45) is 2.64. The SMILES string of the molecule is CC(=O)CC1C(Br)=Cc2ccccc2N1C. The van der Waals surface area contributed by atoms with Crippen molar-refractivity contribution >= 4 is 33.5 Å². The second-order valence-corrected chi connectivity index (χ2v) is 5.04. The normalized spacial score (nSPS) is 19.1. The van der Waals surface area contributed by atoms with Crippen LogP contribution in [0, 0.1) is 0 Å².